The molecule has 0 aromatic heterocycles. The second kappa shape index (κ2) is 6.02. The maximum absolute atomic E-state index is 6.11. The van der Waals surface area contributed by atoms with Crippen LogP contribution in [0.5, 0.6) is 0 Å². The van der Waals surface area contributed by atoms with Gasteiger partial charge in [0.1, 0.15) is 0 Å². The number of anilines is 1. The van der Waals surface area contributed by atoms with Crippen LogP contribution in [-0.4, -0.2) is 6.54 Å². The molecule has 0 aliphatic carbocycles. The Kier molecular flexibility index (Phi) is 4.97. The zero-order chi connectivity index (χ0) is 11.3. The van der Waals surface area contributed by atoms with Gasteiger partial charge in [-0.25, -0.2) is 0 Å². The Morgan fingerprint density at radius 2 is 2.07 bits per heavy atom. The average molecular weight is 226 g/mol. The highest BCUT2D eigenvalue weighted by Crippen LogP contribution is 2.25. The largest absolute Gasteiger partial charge is 0.384 e. The first-order chi connectivity index (χ1) is 7.11. The predicted octanol–water partition coefficient (Wildman–Crippen LogP) is 4.50. The summed E-state index contributed by atoms with van der Waals surface area (Å²) in [5.74, 6) is 0.777. The van der Waals surface area contributed by atoms with E-state index in [4.69, 9.17) is 11.6 Å². The van der Waals surface area contributed by atoms with Crippen molar-refractivity contribution in [2.24, 2.45) is 5.92 Å². The third kappa shape index (κ3) is 4.13. The molecule has 0 aliphatic heterocycles. The summed E-state index contributed by atoms with van der Waals surface area (Å²) in [4.78, 5) is 0. The third-order valence-corrected chi connectivity index (χ3v) is 2.80. The van der Waals surface area contributed by atoms with Crippen molar-refractivity contribution in [1.82, 2.24) is 0 Å². The first kappa shape index (κ1) is 12.4. The van der Waals surface area contributed by atoms with E-state index in [1.165, 1.54) is 18.4 Å². The molecule has 15 heavy (non-hydrogen) atoms. The van der Waals surface area contributed by atoms with E-state index in [9.17, 15) is 0 Å². The van der Waals surface area contributed by atoms with Crippen LogP contribution in [0.3, 0.4) is 0 Å². The lowest BCUT2D eigenvalue weighted by atomic mass is 10.1. The van der Waals surface area contributed by atoms with Crippen molar-refractivity contribution in [1.29, 1.82) is 0 Å². The Labute approximate surface area is 97.8 Å². The van der Waals surface area contributed by atoms with Gasteiger partial charge in [-0.1, -0.05) is 37.6 Å². The van der Waals surface area contributed by atoms with Crippen LogP contribution in [0.4, 0.5) is 5.69 Å². The van der Waals surface area contributed by atoms with Gasteiger partial charge >= 0.3 is 0 Å². The third-order valence-electron chi connectivity index (χ3n) is 2.48. The van der Waals surface area contributed by atoms with Gasteiger partial charge in [0.05, 0.1) is 10.7 Å². The Morgan fingerprint density at radius 3 is 2.67 bits per heavy atom. The van der Waals surface area contributed by atoms with Gasteiger partial charge in [-0.05, 0) is 37.3 Å². The van der Waals surface area contributed by atoms with Gasteiger partial charge in [0.15, 0.2) is 0 Å². The summed E-state index contributed by atoms with van der Waals surface area (Å²) in [6.07, 6.45) is 2.46. The van der Waals surface area contributed by atoms with E-state index in [1.807, 2.05) is 12.1 Å². The number of aryl methyl sites for hydroxylation is 1. The number of halogens is 1. The summed E-state index contributed by atoms with van der Waals surface area (Å²) < 4.78 is 0. The number of hydrogen-bond acceptors (Lipinski definition) is 1. The minimum atomic E-state index is 0.777. The van der Waals surface area contributed by atoms with E-state index in [0.29, 0.717) is 0 Å². The zero-order valence-electron chi connectivity index (χ0n) is 9.81. The lowest BCUT2D eigenvalue weighted by Crippen LogP contribution is -2.04. The smallest absolute Gasteiger partial charge is 0.0640 e. The Bertz CT molecular complexity index is 287. The quantitative estimate of drug-likeness (QED) is 0.728. The highest BCUT2D eigenvalue weighted by molar-refractivity contribution is 6.33. The fraction of sp³-hybridized carbons (Fsp3) is 0.538. The summed E-state index contributed by atoms with van der Waals surface area (Å²) >= 11 is 6.11. The van der Waals surface area contributed by atoms with E-state index >= 15 is 0 Å². The van der Waals surface area contributed by atoms with Gasteiger partial charge < -0.3 is 5.32 Å². The normalized spacial score (nSPS) is 10.7. The lowest BCUT2D eigenvalue weighted by molar-refractivity contribution is 0.567. The van der Waals surface area contributed by atoms with E-state index in [-0.39, 0.29) is 0 Å². The van der Waals surface area contributed by atoms with Crippen LogP contribution in [0, 0.1) is 12.8 Å². The number of rotatable bonds is 5. The molecule has 1 nitrogen and oxygen atoms in total. The molecule has 0 spiro atoms. The van der Waals surface area contributed by atoms with Crippen molar-refractivity contribution in [3.8, 4) is 0 Å². The van der Waals surface area contributed by atoms with Crippen LogP contribution in [0.2, 0.25) is 5.02 Å². The van der Waals surface area contributed by atoms with E-state index in [2.05, 4.69) is 32.2 Å². The highest BCUT2D eigenvalue weighted by Gasteiger charge is 2.02. The molecule has 1 N–H and O–H groups in total. The lowest BCUT2D eigenvalue weighted by Gasteiger charge is -2.11. The second-order valence-electron chi connectivity index (χ2n) is 4.39. The maximum atomic E-state index is 6.11. The second-order valence-corrected chi connectivity index (χ2v) is 4.80. The van der Waals surface area contributed by atoms with Crippen molar-refractivity contribution < 1.29 is 0 Å². The molecule has 0 amide bonds. The van der Waals surface area contributed by atoms with E-state index in [0.717, 1.165) is 23.2 Å². The van der Waals surface area contributed by atoms with Crippen LogP contribution in [0.1, 0.15) is 32.3 Å². The average Bonchev–Trinajstić information content (AvgIpc) is 2.15. The first-order valence-electron chi connectivity index (χ1n) is 5.60. The van der Waals surface area contributed by atoms with Gasteiger partial charge in [-0.15, -0.1) is 0 Å². The minimum Gasteiger partial charge on any atom is -0.384 e. The summed E-state index contributed by atoms with van der Waals surface area (Å²) in [5, 5.41) is 4.22. The van der Waals surface area contributed by atoms with Gasteiger partial charge in [-0.2, -0.15) is 0 Å². The van der Waals surface area contributed by atoms with Crippen LogP contribution < -0.4 is 5.32 Å². The number of benzene rings is 1. The van der Waals surface area contributed by atoms with Gasteiger partial charge in [0.25, 0.3) is 0 Å². The van der Waals surface area contributed by atoms with Crippen molar-refractivity contribution in [3.05, 3.63) is 28.8 Å². The summed E-state index contributed by atoms with van der Waals surface area (Å²) in [7, 11) is 0. The maximum Gasteiger partial charge on any atom is 0.0640 e. The fourth-order valence-electron chi connectivity index (χ4n) is 1.58. The SMILES string of the molecule is Cc1cccc(Cl)c1NCCCC(C)C. The fourth-order valence-corrected chi connectivity index (χ4v) is 1.87. The summed E-state index contributed by atoms with van der Waals surface area (Å²) in [5.41, 5.74) is 2.30. The molecule has 0 aliphatic rings. The van der Waals surface area contributed by atoms with Crippen LogP contribution >= 0.6 is 11.6 Å². The molecule has 0 unspecified atom stereocenters. The molecule has 0 bridgehead atoms. The number of hydrogen-bond donors (Lipinski definition) is 1. The molecule has 1 aromatic carbocycles. The summed E-state index contributed by atoms with van der Waals surface area (Å²) in [6.45, 7) is 7.58. The zero-order valence-corrected chi connectivity index (χ0v) is 10.6. The number of nitrogens with one attached hydrogen (secondary N) is 1. The molecule has 1 rings (SSSR count). The van der Waals surface area contributed by atoms with Crippen molar-refractivity contribution in [3.63, 3.8) is 0 Å². The molecule has 2 heteroatoms. The van der Waals surface area contributed by atoms with Gasteiger partial charge in [0.2, 0.25) is 0 Å². The standard InChI is InChI=1S/C13H20ClN/c1-10(2)6-5-9-15-13-11(3)7-4-8-12(13)14/h4,7-8,10,15H,5-6,9H2,1-3H3. The Balaban J connectivity index is 2.43. The molecule has 0 heterocycles. The number of para-hydroxylation sites is 1. The first-order valence-corrected chi connectivity index (χ1v) is 5.98. The molecule has 0 saturated carbocycles. The van der Waals surface area contributed by atoms with E-state index < -0.39 is 0 Å². The molecule has 84 valence electrons. The van der Waals surface area contributed by atoms with Crippen molar-refractivity contribution in [2.75, 3.05) is 11.9 Å². The summed E-state index contributed by atoms with van der Waals surface area (Å²) in [6, 6.07) is 5.99. The Morgan fingerprint density at radius 1 is 1.33 bits per heavy atom. The molecular weight excluding hydrogens is 206 g/mol. The van der Waals surface area contributed by atoms with Gasteiger partial charge in [-0.3, -0.25) is 0 Å². The van der Waals surface area contributed by atoms with E-state index in [1.54, 1.807) is 0 Å². The van der Waals surface area contributed by atoms with Crippen LogP contribution in [0.15, 0.2) is 18.2 Å². The minimum absolute atomic E-state index is 0.777. The van der Waals surface area contributed by atoms with Crippen LogP contribution in [-0.2, 0) is 0 Å². The molecule has 0 radical (unpaired) electrons. The van der Waals surface area contributed by atoms with Crippen LogP contribution in [0.25, 0.3) is 0 Å². The molecule has 0 atom stereocenters. The predicted molar refractivity (Wildman–Crippen MR) is 68.8 cm³/mol. The molecule has 0 fully saturated rings. The van der Waals surface area contributed by atoms with Crippen molar-refractivity contribution >= 4 is 17.3 Å². The molecule has 0 saturated heterocycles. The Hall–Kier alpha value is -0.690. The molecular formula is C13H20ClN. The highest BCUT2D eigenvalue weighted by atomic mass is 35.5. The van der Waals surface area contributed by atoms with Crippen molar-refractivity contribution in [2.45, 2.75) is 33.6 Å². The molecule has 1 aromatic rings. The monoisotopic (exact) mass is 225 g/mol. The topological polar surface area (TPSA) is 12.0 Å². The van der Waals surface area contributed by atoms with Gasteiger partial charge in [0, 0.05) is 6.54 Å².